The average molecular weight is 561 g/mol. The Bertz CT molecular complexity index is 1330. The van der Waals surface area contributed by atoms with Gasteiger partial charge in [-0.1, -0.05) is 42.5 Å². The maximum atomic E-state index is 14.2. The molecule has 2 unspecified atom stereocenters. The molecule has 3 aliphatic heterocycles. The molecule has 10 nitrogen and oxygen atoms in total. The minimum Gasteiger partial charge on any atom is -0.497 e. The lowest BCUT2D eigenvalue weighted by molar-refractivity contribution is -0.152. The van der Waals surface area contributed by atoms with Gasteiger partial charge in [0.25, 0.3) is 5.91 Å². The lowest BCUT2D eigenvalue weighted by atomic mass is 9.94. The summed E-state index contributed by atoms with van der Waals surface area (Å²) in [5, 5.41) is 2.95. The smallest absolute Gasteiger partial charge is 0.322 e. The number of rotatable bonds is 8. The van der Waals surface area contributed by atoms with Gasteiger partial charge in [0.2, 0.25) is 5.91 Å². The number of piperidine rings is 1. The predicted octanol–water partition coefficient (Wildman–Crippen LogP) is 2.90. The molecule has 1 saturated heterocycles. The molecule has 0 spiro atoms. The van der Waals surface area contributed by atoms with Crippen molar-refractivity contribution in [1.82, 2.24) is 20.0 Å². The van der Waals surface area contributed by atoms with E-state index in [0.717, 1.165) is 11.1 Å². The molecule has 4 amide bonds. The molecule has 216 valence electrons. The van der Waals surface area contributed by atoms with E-state index < -0.39 is 12.1 Å². The van der Waals surface area contributed by atoms with Crippen LogP contribution in [0.4, 0.5) is 4.79 Å². The molecular formula is C31H36N4O6. The highest BCUT2D eigenvalue weighted by molar-refractivity contribution is 6.03. The summed E-state index contributed by atoms with van der Waals surface area (Å²) in [4.78, 5) is 58.3. The summed E-state index contributed by atoms with van der Waals surface area (Å²) < 4.78 is 10.5. The van der Waals surface area contributed by atoms with E-state index >= 15 is 0 Å². The molecule has 2 aromatic rings. The van der Waals surface area contributed by atoms with Crippen molar-refractivity contribution in [3.05, 3.63) is 77.0 Å². The Kier molecular flexibility index (Phi) is 8.28. The first-order valence-electron chi connectivity index (χ1n) is 14.0. The van der Waals surface area contributed by atoms with Gasteiger partial charge in [0.05, 0.1) is 43.5 Å². The first kappa shape index (κ1) is 28.2. The normalized spacial score (nSPS) is 20.1. The number of esters is 1. The quantitative estimate of drug-likeness (QED) is 0.498. The van der Waals surface area contributed by atoms with E-state index in [9.17, 15) is 19.2 Å². The van der Waals surface area contributed by atoms with Crippen LogP contribution in [-0.4, -0.2) is 85.0 Å². The monoisotopic (exact) mass is 560 g/mol. The zero-order valence-corrected chi connectivity index (χ0v) is 23.7. The van der Waals surface area contributed by atoms with Crippen LogP contribution < -0.4 is 10.1 Å². The maximum Gasteiger partial charge on any atom is 0.322 e. The van der Waals surface area contributed by atoms with E-state index in [-0.39, 0.29) is 36.3 Å². The number of ether oxygens (including phenoxy) is 2. The van der Waals surface area contributed by atoms with Crippen molar-refractivity contribution in [3.8, 4) is 5.75 Å². The van der Waals surface area contributed by atoms with E-state index in [1.165, 1.54) is 4.90 Å². The summed E-state index contributed by atoms with van der Waals surface area (Å²) in [6, 6.07) is 15.1. The standard InChI is InChI=1S/C31H36N4O6/c1-4-41-30(38)22-14-16-34(17-15-22)28(36)24(18-20-8-6-5-7-9-20)35-19-25-26(29(35)37)27(32-31(39)33(25)2)21-10-12-23(40-3)13-11-21/h5-13,22,24,27H,4,14-19H2,1-3H3,(H,32,39). The van der Waals surface area contributed by atoms with Crippen molar-refractivity contribution in [2.45, 2.75) is 38.3 Å². The van der Waals surface area contributed by atoms with Crippen LogP contribution in [-0.2, 0) is 25.5 Å². The Balaban J connectivity index is 1.42. The summed E-state index contributed by atoms with van der Waals surface area (Å²) in [6.45, 7) is 3.09. The molecule has 2 aromatic carbocycles. The van der Waals surface area contributed by atoms with Gasteiger partial charge in [-0.25, -0.2) is 4.79 Å². The van der Waals surface area contributed by atoms with Gasteiger partial charge in [-0.3, -0.25) is 19.3 Å². The molecular weight excluding hydrogens is 524 g/mol. The third-order valence-electron chi connectivity index (χ3n) is 8.20. The van der Waals surface area contributed by atoms with Crippen molar-refractivity contribution >= 4 is 23.8 Å². The number of hydrogen-bond acceptors (Lipinski definition) is 6. The van der Waals surface area contributed by atoms with Crippen molar-refractivity contribution in [1.29, 1.82) is 0 Å². The predicted molar refractivity (Wildman–Crippen MR) is 151 cm³/mol. The Labute approximate surface area is 239 Å². The summed E-state index contributed by atoms with van der Waals surface area (Å²) in [5.41, 5.74) is 2.73. The van der Waals surface area contributed by atoms with Gasteiger partial charge in [-0.05, 0) is 43.0 Å². The number of nitrogens with one attached hydrogen (secondary N) is 1. The van der Waals surface area contributed by atoms with E-state index in [2.05, 4.69) is 5.32 Å². The van der Waals surface area contributed by atoms with Gasteiger partial charge in [0.15, 0.2) is 0 Å². The van der Waals surface area contributed by atoms with Gasteiger partial charge in [0.1, 0.15) is 11.8 Å². The average Bonchev–Trinajstić information content (AvgIpc) is 3.35. The van der Waals surface area contributed by atoms with Crippen molar-refractivity contribution in [3.63, 3.8) is 0 Å². The number of urea groups is 1. The van der Waals surface area contributed by atoms with E-state index in [4.69, 9.17) is 9.47 Å². The van der Waals surface area contributed by atoms with Crippen molar-refractivity contribution < 1.29 is 28.7 Å². The third kappa shape index (κ3) is 5.64. The zero-order valence-electron chi connectivity index (χ0n) is 23.7. The highest BCUT2D eigenvalue weighted by atomic mass is 16.5. The number of carbonyl (C=O) groups is 4. The highest BCUT2D eigenvalue weighted by Crippen LogP contribution is 2.37. The zero-order chi connectivity index (χ0) is 29.1. The first-order chi connectivity index (χ1) is 19.8. The topological polar surface area (TPSA) is 108 Å². The van der Waals surface area contributed by atoms with Gasteiger partial charge in [0, 0.05) is 26.6 Å². The fraction of sp³-hybridized carbons (Fsp3) is 0.419. The van der Waals surface area contributed by atoms with Crippen LogP contribution in [0.1, 0.15) is 36.9 Å². The molecule has 10 heteroatoms. The molecule has 1 N–H and O–H groups in total. The molecule has 3 aliphatic rings. The van der Waals surface area contributed by atoms with Crippen LogP contribution in [0, 0.1) is 5.92 Å². The van der Waals surface area contributed by atoms with Gasteiger partial charge in [-0.15, -0.1) is 0 Å². The number of nitrogens with zero attached hydrogens (tertiary/aromatic N) is 3. The lowest BCUT2D eigenvalue weighted by Crippen LogP contribution is -2.53. The van der Waals surface area contributed by atoms with Crippen molar-refractivity contribution in [2.75, 3.05) is 40.4 Å². The molecule has 41 heavy (non-hydrogen) atoms. The van der Waals surface area contributed by atoms with Crippen LogP contribution in [0.5, 0.6) is 5.75 Å². The van der Waals surface area contributed by atoms with E-state index in [1.807, 2.05) is 42.5 Å². The molecule has 0 aliphatic carbocycles. The minimum absolute atomic E-state index is 0.146. The fourth-order valence-electron chi connectivity index (χ4n) is 5.86. The van der Waals surface area contributed by atoms with Crippen LogP contribution in [0.15, 0.2) is 65.9 Å². The number of carbonyl (C=O) groups excluding carboxylic acids is 4. The van der Waals surface area contributed by atoms with Crippen LogP contribution >= 0.6 is 0 Å². The third-order valence-corrected chi connectivity index (χ3v) is 8.20. The Morgan fingerprint density at radius 2 is 1.71 bits per heavy atom. The molecule has 2 atom stereocenters. The number of likely N-dealkylation sites (tertiary alicyclic amines) is 1. The molecule has 0 radical (unpaired) electrons. The Morgan fingerprint density at radius 1 is 1.02 bits per heavy atom. The van der Waals surface area contributed by atoms with Gasteiger partial charge < -0.3 is 24.6 Å². The SMILES string of the molecule is CCOC(=O)C1CCN(C(=O)C(Cc2ccccc2)N2CC3=C(C2=O)C(c2ccc(OC)cc2)NC(=O)N3C)CC1. The summed E-state index contributed by atoms with van der Waals surface area (Å²) >= 11 is 0. The Hall–Kier alpha value is -4.34. The summed E-state index contributed by atoms with van der Waals surface area (Å²) in [5.74, 6) is -0.223. The first-order valence-corrected chi connectivity index (χ1v) is 14.0. The molecule has 0 saturated carbocycles. The number of likely N-dealkylation sites (N-methyl/N-ethyl adjacent to an activating group) is 1. The largest absolute Gasteiger partial charge is 0.497 e. The summed E-state index contributed by atoms with van der Waals surface area (Å²) in [6.07, 6.45) is 1.38. The number of benzene rings is 2. The van der Waals surface area contributed by atoms with Crippen LogP contribution in [0.25, 0.3) is 0 Å². The van der Waals surface area contributed by atoms with E-state index in [0.29, 0.717) is 56.0 Å². The molecule has 0 bridgehead atoms. The molecule has 0 aromatic heterocycles. The highest BCUT2D eigenvalue weighted by Gasteiger charge is 2.47. The van der Waals surface area contributed by atoms with Crippen LogP contribution in [0.2, 0.25) is 0 Å². The molecule has 3 heterocycles. The number of amides is 4. The van der Waals surface area contributed by atoms with E-state index in [1.54, 1.807) is 43.0 Å². The number of methoxy groups -OCH3 is 1. The van der Waals surface area contributed by atoms with Crippen molar-refractivity contribution in [2.24, 2.45) is 5.92 Å². The minimum atomic E-state index is -0.769. The second kappa shape index (κ2) is 12.0. The second-order valence-corrected chi connectivity index (χ2v) is 10.6. The number of hydrogen-bond donors (Lipinski definition) is 1. The summed E-state index contributed by atoms with van der Waals surface area (Å²) in [7, 11) is 3.22. The lowest BCUT2D eigenvalue weighted by Gasteiger charge is -2.36. The van der Waals surface area contributed by atoms with Crippen LogP contribution in [0.3, 0.4) is 0 Å². The van der Waals surface area contributed by atoms with Gasteiger partial charge in [-0.2, -0.15) is 0 Å². The van der Waals surface area contributed by atoms with Gasteiger partial charge >= 0.3 is 12.0 Å². The molecule has 1 fully saturated rings. The fourth-order valence-corrected chi connectivity index (χ4v) is 5.86. The molecule has 5 rings (SSSR count). The second-order valence-electron chi connectivity index (χ2n) is 10.6. The Morgan fingerprint density at radius 3 is 2.34 bits per heavy atom. The maximum absolute atomic E-state index is 14.2.